The summed E-state index contributed by atoms with van der Waals surface area (Å²) in [5, 5.41) is 0. The third-order valence-corrected chi connectivity index (χ3v) is 4.76. The molecule has 0 aromatic carbocycles. The standard InChI is InChI=1S/C23H44O2/c1-4-7-10-12-15-17-22(18-16-13-11-8-5-2)20-21-25-23(24)19-14-9-6-3/h17H,4-16,18-21H2,1-3H3. The highest BCUT2D eigenvalue weighted by Crippen LogP contribution is 2.17. The topological polar surface area (TPSA) is 26.3 Å². The lowest BCUT2D eigenvalue weighted by molar-refractivity contribution is -0.143. The van der Waals surface area contributed by atoms with E-state index in [4.69, 9.17) is 4.74 Å². The monoisotopic (exact) mass is 352 g/mol. The lowest BCUT2D eigenvalue weighted by Gasteiger charge is -2.09. The van der Waals surface area contributed by atoms with Crippen LogP contribution in [0.2, 0.25) is 0 Å². The van der Waals surface area contributed by atoms with Crippen LogP contribution in [-0.2, 0) is 9.53 Å². The molecule has 0 saturated heterocycles. The molecule has 0 unspecified atom stereocenters. The number of allylic oxidation sites excluding steroid dienone is 1. The second-order valence-electron chi connectivity index (χ2n) is 7.30. The van der Waals surface area contributed by atoms with E-state index in [1.165, 1.54) is 76.2 Å². The molecule has 148 valence electrons. The van der Waals surface area contributed by atoms with Crippen LogP contribution in [0.25, 0.3) is 0 Å². The number of hydrogen-bond donors (Lipinski definition) is 0. The van der Waals surface area contributed by atoms with Crippen LogP contribution in [0, 0.1) is 0 Å². The molecule has 25 heavy (non-hydrogen) atoms. The molecule has 0 aliphatic carbocycles. The Bertz CT molecular complexity index is 320. The second-order valence-corrected chi connectivity index (χ2v) is 7.30. The molecule has 2 nitrogen and oxygen atoms in total. The predicted molar refractivity (Wildman–Crippen MR) is 110 cm³/mol. The van der Waals surface area contributed by atoms with E-state index in [2.05, 4.69) is 26.8 Å². The molecule has 2 heteroatoms. The summed E-state index contributed by atoms with van der Waals surface area (Å²) < 4.78 is 5.43. The molecule has 0 rings (SSSR count). The van der Waals surface area contributed by atoms with Crippen LogP contribution < -0.4 is 0 Å². The smallest absolute Gasteiger partial charge is 0.305 e. The second kappa shape index (κ2) is 19.5. The number of ether oxygens (including phenoxy) is 1. The maximum absolute atomic E-state index is 11.7. The molecule has 0 aliphatic heterocycles. The van der Waals surface area contributed by atoms with Gasteiger partial charge in [-0.1, -0.05) is 90.2 Å². The molecule has 0 spiro atoms. The molecule has 0 aromatic heterocycles. The number of rotatable bonds is 18. The summed E-state index contributed by atoms with van der Waals surface area (Å²) in [6, 6.07) is 0. The molecular formula is C23H44O2. The van der Waals surface area contributed by atoms with E-state index in [9.17, 15) is 4.79 Å². The molecular weight excluding hydrogens is 308 g/mol. The molecule has 0 radical (unpaired) electrons. The van der Waals surface area contributed by atoms with Crippen LogP contribution >= 0.6 is 0 Å². The molecule has 0 aliphatic rings. The number of esters is 1. The largest absolute Gasteiger partial charge is 0.465 e. The van der Waals surface area contributed by atoms with Gasteiger partial charge in [0.25, 0.3) is 0 Å². The molecule has 0 N–H and O–H groups in total. The van der Waals surface area contributed by atoms with Crippen LogP contribution in [0.5, 0.6) is 0 Å². The third kappa shape index (κ3) is 17.8. The van der Waals surface area contributed by atoms with Crippen LogP contribution in [-0.4, -0.2) is 12.6 Å². The van der Waals surface area contributed by atoms with Crippen molar-refractivity contribution >= 4 is 5.97 Å². The van der Waals surface area contributed by atoms with E-state index in [1.807, 2.05) is 0 Å². The van der Waals surface area contributed by atoms with Crippen LogP contribution in [0.1, 0.15) is 124 Å². The van der Waals surface area contributed by atoms with Gasteiger partial charge in [-0.05, 0) is 32.1 Å². The highest BCUT2D eigenvalue weighted by atomic mass is 16.5. The van der Waals surface area contributed by atoms with Gasteiger partial charge >= 0.3 is 5.97 Å². The summed E-state index contributed by atoms with van der Waals surface area (Å²) in [7, 11) is 0. The summed E-state index contributed by atoms with van der Waals surface area (Å²) in [5.41, 5.74) is 1.51. The fraction of sp³-hybridized carbons (Fsp3) is 0.870. The van der Waals surface area contributed by atoms with E-state index in [0.717, 1.165) is 25.7 Å². The van der Waals surface area contributed by atoms with Crippen molar-refractivity contribution < 1.29 is 9.53 Å². The highest BCUT2D eigenvalue weighted by molar-refractivity contribution is 5.69. The summed E-state index contributed by atoms with van der Waals surface area (Å²) in [4.78, 5) is 11.7. The maximum Gasteiger partial charge on any atom is 0.305 e. The van der Waals surface area contributed by atoms with E-state index in [1.54, 1.807) is 0 Å². The van der Waals surface area contributed by atoms with Crippen molar-refractivity contribution in [3.05, 3.63) is 11.6 Å². The van der Waals surface area contributed by atoms with Crippen molar-refractivity contribution in [1.29, 1.82) is 0 Å². The SMILES string of the molecule is CCCCCCC=C(CCCCCCC)CCOC(=O)CCCCC. The molecule has 0 fully saturated rings. The molecule has 0 amide bonds. The average Bonchev–Trinajstić information content (AvgIpc) is 2.61. The van der Waals surface area contributed by atoms with Crippen molar-refractivity contribution in [2.75, 3.05) is 6.61 Å². The minimum Gasteiger partial charge on any atom is -0.465 e. The van der Waals surface area contributed by atoms with Crippen molar-refractivity contribution in [1.82, 2.24) is 0 Å². The van der Waals surface area contributed by atoms with E-state index >= 15 is 0 Å². The molecule has 0 saturated carbocycles. The quantitative estimate of drug-likeness (QED) is 0.143. The van der Waals surface area contributed by atoms with Crippen LogP contribution in [0.3, 0.4) is 0 Å². The first-order valence-electron chi connectivity index (χ1n) is 11.1. The van der Waals surface area contributed by atoms with Crippen LogP contribution in [0.4, 0.5) is 0 Å². The zero-order valence-electron chi connectivity index (χ0n) is 17.4. The molecule has 0 heterocycles. The Labute approximate surface area is 157 Å². The molecule has 0 bridgehead atoms. The Morgan fingerprint density at radius 3 is 1.92 bits per heavy atom. The minimum atomic E-state index is -0.0151. The Balaban J connectivity index is 4.05. The average molecular weight is 353 g/mol. The molecule has 0 atom stereocenters. The summed E-state index contributed by atoms with van der Waals surface area (Å²) in [6.45, 7) is 7.24. The Morgan fingerprint density at radius 2 is 1.24 bits per heavy atom. The van der Waals surface area contributed by atoms with Gasteiger partial charge in [0.05, 0.1) is 6.61 Å². The summed E-state index contributed by atoms with van der Waals surface area (Å²) >= 11 is 0. The van der Waals surface area contributed by atoms with Crippen molar-refractivity contribution in [2.24, 2.45) is 0 Å². The van der Waals surface area contributed by atoms with Gasteiger partial charge in [0, 0.05) is 12.8 Å². The van der Waals surface area contributed by atoms with Gasteiger partial charge in [-0.25, -0.2) is 0 Å². The Kier molecular flexibility index (Phi) is 18.9. The number of hydrogen-bond acceptors (Lipinski definition) is 2. The van der Waals surface area contributed by atoms with Gasteiger partial charge in [0.15, 0.2) is 0 Å². The zero-order valence-corrected chi connectivity index (χ0v) is 17.4. The number of carbonyl (C=O) groups is 1. The number of unbranched alkanes of at least 4 members (excludes halogenated alkanes) is 10. The lowest BCUT2D eigenvalue weighted by Crippen LogP contribution is -2.06. The minimum absolute atomic E-state index is 0.0151. The summed E-state index contributed by atoms with van der Waals surface area (Å²) in [6.07, 6.45) is 21.4. The fourth-order valence-corrected chi connectivity index (χ4v) is 3.05. The zero-order chi connectivity index (χ0) is 18.6. The Morgan fingerprint density at radius 1 is 0.680 bits per heavy atom. The van der Waals surface area contributed by atoms with Gasteiger partial charge in [-0.15, -0.1) is 0 Å². The third-order valence-electron chi connectivity index (χ3n) is 4.76. The fourth-order valence-electron chi connectivity index (χ4n) is 3.05. The van der Waals surface area contributed by atoms with E-state index in [-0.39, 0.29) is 5.97 Å². The van der Waals surface area contributed by atoms with Gasteiger partial charge in [-0.2, -0.15) is 0 Å². The van der Waals surface area contributed by atoms with Gasteiger partial charge in [-0.3, -0.25) is 4.79 Å². The van der Waals surface area contributed by atoms with Crippen molar-refractivity contribution in [2.45, 2.75) is 124 Å². The summed E-state index contributed by atoms with van der Waals surface area (Å²) in [5.74, 6) is -0.0151. The molecule has 0 aromatic rings. The first-order valence-corrected chi connectivity index (χ1v) is 11.1. The number of carbonyl (C=O) groups excluding carboxylic acids is 1. The highest BCUT2D eigenvalue weighted by Gasteiger charge is 2.04. The maximum atomic E-state index is 11.7. The predicted octanol–water partition coefficient (Wildman–Crippen LogP) is 7.76. The lowest BCUT2D eigenvalue weighted by atomic mass is 10.0. The van der Waals surface area contributed by atoms with Crippen LogP contribution in [0.15, 0.2) is 11.6 Å². The van der Waals surface area contributed by atoms with Crippen molar-refractivity contribution in [3.63, 3.8) is 0 Å². The normalized spacial score (nSPS) is 11.7. The first-order chi connectivity index (χ1) is 12.2. The Hall–Kier alpha value is -0.790. The van der Waals surface area contributed by atoms with E-state index in [0.29, 0.717) is 13.0 Å². The van der Waals surface area contributed by atoms with Gasteiger partial charge in [0.1, 0.15) is 0 Å². The first kappa shape index (κ1) is 24.2. The van der Waals surface area contributed by atoms with Gasteiger partial charge < -0.3 is 4.74 Å². The van der Waals surface area contributed by atoms with Crippen molar-refractivity contribution in [3.8, 4) is 0 Å². The van der Waals surface area contributed by atoms with Gasteiger partial charge in [0.2, 0.25) is 0 Å². The van der Waals surface area contributed by atoms with E-state index < -0.39 is 0 Å².